The van der Waals surface area contributed by atoms with E-state index < -0.39 is 0 Å². The Labute approximate surface area is 115 Å². The molecule has 1 saturated carbocycles. The predicted molar refractivity (Wildman–Crippen MR) is 71.6 cm³/mol. The van der Waals surface area contributed by atoms with Gasteiger partial charge in [-0.3, -0.25) is 4.79 Å². The summed E-state index contributed by atoms with van der Waals surface area (Å²) >= 11 is 5.81. The molecule has 1 aliphatic rings. The van der Waals surface area contributed by atoms with E-state index in [1.54, 1.807) is 24.5 Å². The summed E-state index contributed by atoms with van der Waals surface area (Å²) in [4.78, 5) is 15.8. The van der Waals surface area contributed by atoms with Crippen LogP contribution in [0.4, 0.5) is 5.82 Å². The van der Waals surface area contributed by atoms with E-state index in [0.717, 1.165) is 24.0 Å². The number of nitrogens with zero attached hydrogens (tertiary/aromatic N) is 3. The van der Waals surface area contributed by atoms with E-state index in [9.17, 15) is 4.79 Å². The lowest BCUT2D eigenvalue weighted by molar-refractivity contribution is -0.117. The van der Waals surface area contributed by atoms with Gasteiger partial charge in [0.05, 0.1) is 6.20 Å². The van der Waals surface area contributed by atoms with Crippen molar-refractivity contribution >= 4 is 23.3 Å². The Morgan fingerprint density at radius 1 is 1.32 bits per heavy atom. The number of hydrogen-bond acceptors (Lipinski definition) is 4. The summed E-state index contributed by atoms with van der Waals surface area (Å²) in [5.74, 6) is 0.736. The molecule has 0 bridgehead atoms. The van der Waals surface area contributed by atoms with Crippen molar-refractivity contribution in [2.75, 3.05) is 5.32 Å². The minimum absolute atomic E-state index is 0.0375. The van der Waals surface area contributed by atoms with E-state index in [1.807, 2.05) is 6.07 Å². The lowest BCUT2D eigenvalue weighted by Crippen LogP contribution is -2.14. The van der Waals surface area contributed by atoms with Crippen LogP contribution in [0.1, 0.15) is 12.8 Å². The third-order valence-electron chi connectivity index (χ3n) is 2.92. The SMILES string of the molecule is O=C(Nc1cc(-c2cnnc(Cl)c2)ccn1)C1CC1. The molecular formula is C13H11ClN4O. The molecule has 1 fully saturated rings. The zero-order valence-electron chi connectivity index (χ0n) is 10.0. The summed E-state index contributed by atoms with van der Waals surface area (Å²) in [6.45, 7) is 0. The second-order valence-corrected chi connectivity index (χ2v) is 4.85. The van der Waals surface area contributed by atoms with Crippen molar-refractivity contribution in [1.29, 1.82) is 0 Å². The van der Waals surface area contributed by atoms with Crippen LogP contribution in [0, 0.1) is 5.92 Å². The molecule has 2 heterocycles. The predicted octanol–water partition coefficient (Wildman–Crippen LogP) is 2.54. The van der Waals surface area contributed by atoms with Gasteiger partial charge in [0, 0.05) is 17.7 Å². The number of anilines is 1. The lowest BCUT2D eigenvalue weighted by Gasteiger charge is -2.06. The van der Waals surface area contributed by atoms with E-state index in [2.05, 4.69) is 20.5 Å². The highest BCUT2D eigenvalue weighted by Crippen LogP contribution is 2.30. The van der Waals surface area contributed by atoms with Crippen molar-refractivity contribution in [3.05, 3.63) is 35.7 Å². The van der Waals surface area contributed by atoms with Gasteiger partial charge in [-0.1, -0.05) is 11.6 Å². The van der Waals surface area contributed by atoms with Gasteiger partial charge < -0.3 is 5.32 Å². The quantitative estimate of drug-likeness (QED) is 0.934. The number of carbonyl (C=O) groups is 1. The van der Waals surface area contributed by atoms with Gasteiger partial charge >= 0.3 is 0 Å². The number of pyridine rings is 1. The fourth-order valence-electron chi connectivity index (χ4n) is 1.75. The average Bonchev–Trinajstić information content (AvgIpc) is 3.23. The van der Waals surface area contributed by atoms with Crippen LogP contribution in [-0.4, -0.2) is 21.1 Å². The van der Waals surface area contributed by atoms with Crippen molar-refractivity contribution in [3.8, 4) is 11.1 Å². The molecule has 6 heteroatoms. The molecule has 2 aromatic rings. The molecule has 0 unspecified atom stereocenters. The standard InChI is InChI=1S/C13H11ClN4O/c14-11-5-10(7-16-18-11)9-3-4-15-12(6-9)17-13(19)8-1-2-8/h3-8H,1-2H2,(H,15,17,19). The first-order valence-electron chi connectivity index (χ1n) is 5.98. The second kappa shape index (κ2) is 4.93. The van der Waals surface area contributed by atoms with Crippen molar-refractivity contribution in [2.24, 2.45) is 5.92 Å². The first-order valence-corrected chi connectivity index (χ1v) is 6.36. The summed E-state index contributed by atoms with van der Waals surface area (Å²) in [7, 11) is 0. The maximum atomic E-state index is 11.7. The third kappa shape index (κ3) is 2.88. The first-order chi connectivity index (χ1) is 9.22. The number of amides is 1. The molecule has 0 spiro atoms. The molecule has 0 aliphatic heterocycles. The molecule has 1 amide bonds. The van der Waals surface area contributed by atoms with E-state index in [-0.39, 0.29) is 11.8 Å². The second-order valence-electron chi connectivity index (χ2n) is 4.46. The minimum Gasteiger partial charge on any atom is -0.310 e. The summed E-state index contributed by atoms with van der Waals surface area (Å²) in [5.41, 5.74) is 1.72. The Hall–Kier alpha value is -2.01. The molecule has 3 rings (SSSR count). The van der Waals surface area contributed by atoms with Crippen molar-refractivity contribution in [1.82, 2.24) is 15.2 Å². The zero-order valence-corrected chi connectivity index (χ0v) is 10.8. The van der Waals surface area contributed by atoms with Gasteiger partial charge in [0.2, 0.25) is 5.91 Å². The Morgan fingerprint density at radius 3 is 2.89 bits per heavy atom. The number of hydrogen-bond donors (Lipinski definition) is 1. The summed E-state index contributed by atoms with van der Waals surface area (Å²) in [6.07, 6.45) is 5.20. The molecule has 0 radical (unpaired) electrons. The van der Waals surface area contributed by atoms with Crippen LogP contribution in [0.15, 0.2) is 30.6 Å². The van der Waals surface area contributed by atoms with E-state index >= 15 is 0 Å². The molecule has 0 atom stereocenters. The van der Waals surface area contributed by atoms with Crippen LogP contribution in [0.25, 0.3) is 11.1 Å². The highest BCUT2D eigenvalue weighted by atomic mass is 35.5. The molecule has 2 aromatic heterocycles. The van der Waals surface area contributed by atoms with Gasteiger partial charge in [-0.2, -0.15) is 5.10 Å². The largest absolute Gasteiger partial charge is 0.310 e. The summed E-state index contributed by atoms with van der Waals surface area (Å²) in [6, 6.07) is 5.35. The van der Waals surface area contributed by atoms with Gasteiger partial charge in [0.15, 0.2) is 5.15 Å². The van der Waals surface area contributed by atoms with E-state index in [4.69, 9.17) is 11.6 Å². The Kier molecular flexibility index (Phi) is 3.13. The maximum Gasteiger partial charge on any atom is 0.228 e. The molecular weight excluding hydrogens is 264 g/mol. The summed E-state index contributed by atoms with van der Waals surface area (Å²) < 4.78 is 0. The van der Waals surface area contributed by atoms with Gasteiger partial charge in [-0.25, -0.2) is 4.98 Å². The highest BCUT2D eigenvalue weighted by molar-refractivity contribution is 6.29. The lowest BCUT2D eigenvalue weighted by atomic mass is 10.1. The van der Waals surface area contributed by atoms with Gasteiger partial charge in [0.1, 0.15) is 5.82 Å². The fraction of sp³-hybridized carbons (Fsp3) is 0.231. The number of aromatic nitrogens is 3. The number of rotatable bonds is 3. The molecule has 19 heavy (non-hydrogen) atoms. The van der Waals surface area contributed by atoms with Crippen LogP contribution in [0.2, 0.25) is 5.15 Å². The molecule has 0 aromatic carbocycles. The monoisotopic (exact) mass is 274 g/mol. The molecule has 1 N–H and O–H groups in total. The Morgan fingerprint density at radius 2 is 2.16 bits per heavy atom. The van der Waals surface area contributed by atoms with E-state index in [0.29, 0.717) is 11.0 Å². The average molecular weight is 275 g/mol. The topological polar surface area (TPSA) is 67.8 Å². The number of nitrogens with one attached hydrogen (secondary N) is 1. The number of carbonyl (C=O) groups excluding carboxylic acids is 1. The third-order valence-corrected chi connectivity index (χ3v) is 3.10. The molecule has 1 aliphatic carbocycles. The normalized spacial score (nSPS) is 14.2. The van der Waals surface area contributed by atoms with Crippen LogP contribution >= 0.6 is 11.6 Å². The van der Waals surface area contributed by atoms with Crippen molar-refractivity contribution < 1.29 is 4.79 Å². The maximum absolute atomic E-state index is 11.7. The fourth-order valence-corrected chi connectivity index (χ4v) is 1.91. The first kappa shape index (κ1) is 12.0. The van der Waals surface area contributed by atoms with Gasteiger partial charge in [-0.05, 0) is 36.6 Å². The molecule has 0 saturated heterocycles. The van der Waals surface area contributed by atoms with Gasteiger partial charge in [-0.15, -0.1) is 5.10 Å². The molecule has 5 nitrogen and oxygen atoms in total. The van der Waals surface area contributed by atoms with E-state index in [1.165, 1.54) is 0 Å². The van der Waals surface area contributed by atoms with Crippen LogP contribution in [0.3, 0.4) is 0 Å². The highest BCUT2D eigenvalue weighted by Gasteiger charge is 2.29. The number of halogens is 1. The van der Waals surface area contributed by atoms with Crippen LogP contribution in [0.5, 0.6) is 0 Å². The van der Waals surface area contributed by atoms with Crippen LogP contribution < -0.4 is 5.32 Å². The Bertz CT molecular complexity index is 628. The molecule has 96 valence electrons. The summed E-state index contributed by atoms with van der Waals surface area (Å²) in [5, 5.41) is 10.6. The van der Waals surface area contributed by atoms with Crippen LogP contribution in [-0.2, 0) is 4.79 Å². The van der Waals surface area contributed by atoms with Gasteiger partial charge in [0.25, 0.3) is 0 Å². The smallest absolute Gasteiger partial charge is 0.228 e. The minimum atomic E-state index is 0.0375. The Balaban J connectivity index is 1.84. The van der Waals surface area contributed by atoms with Crippen molar-refractivity contribution in [2.45, 2.75) is 12.8 Å². The van der Waals surface area contributed by atoms with Crippen molar-refractivity contribution in [3.63, 3.8) is 0 Å². The zero-order chi connectivity index (χ0) is 13.2.